The normalized spacial score (nSPS) is 31.1. The highest BCUT2D eigenvalue weighted by atomic mass is 19.1. The zero-order valence-electron chi connectivity index (χ0n) is 6.72. The first kappa shape index (κ1) is 8.94. The van der Waals surface area contributed by atoms with E-state index in [1.807, 2.05) is 0 Å². The summed E-state index contributed by atoms with van der Waals surface area (Å²) in [7, 11) is 0. The standard InChI is InChI=1S/C8H16FNO/c9-4-5-10-8-3-1-2-7(8)6-11/h7-8,10-11H,1-6H2/t7-,8-/m0/s1. The molecule has 1 aliphatic rings. The minimum Gasteiger partial charge on any atom is -0.396 e. The summed E-state index contributed by atoms with van der Waals surface area (Å²) < 4.78 is 11.8. The van der Waals surface area contributed by atoms with Crippen LogP contribution in [0.1, 0.15) is 19.3 Å². The van der Waals surface area contributed by atoms with Crippen LogP contribution in [0.15, 0.2) is 0 Å². The van der Waals surface area contributed by atoms with Gasteiger partial charge in [-0.3, -0.25) is 0 Å². The fourth-order valence-corrected chi connectivity index (χ4v) is 1.76. The fraction of sp³-hybridized carbons (Fsp3) is 1.00. The van der Waals surface area contributed by atoms with Crippen molar-refractivity contribution < 1.29 is 9.50 Å². The average molecular weight is 161 g/mol. The first-order valence-electron chi connectivity index (χ1n) is 4.28. The Labute approximate surface area is 66.8 Å². The van der Waals surface area contributed by atoms with Gasteiger partial charge >= 0.3 is 0 Å². The molecular weight excluding hydrogens is 145 g/mol. The molecule has 0 aliphatic heterocycles. The van der Waals surface area contributed by atoms with Gasteiger partial charge in [-0.15, -0.1) is 0 Å². The SMILES string of the molecule is OC[C@@H]1CCC[C@@H]1NCCF. The zero-order valence-corrected chi connectivity index (χ0v) is 6.72. The lowest BCUT2D eigenvalue weighted by Gasteiger charge is -2.17. The van der Waals surface area contributed by atoms with Gasteiger partial charge in [0.2, 0.25) is 0 Å². The van der Waals surface area contributed by atoms with Gasteiger partial charge in [0.25, 0.3) is 0 Å². The number of aliphatic hydroxyl groups is 1. The predicted molar refractivity (Wildman–Crippen MR) is 42.2 cm³/mol. The maximum absolute atomic E-state index is 11.8. The lowest BCUT2D eigenvalue weighted by molar-refractivity contribution is 0.204. The van der Waals surface area contributed by atoms with Crippen LogP contribution in [-0.2, 0) is 0 Å². The molecule has 1 saturated carbocycles. The second-order valence-electron chi connectivity index (χ2n) is 3.12. The molecule has 0 aromatic carbocycles. The molecule has 0 aromatic heterocycles. The van der Waals surface area contributed by atoms with Crippen LogP contribution in [0, 0.1) is 5.92 Å². The van der Waals surface area contributed by atoms with E-state index in [0.29, 0.717) is 18.5 Å². The molecular formula is C8H16FNO. The predicted octanol–water partition coefficient (Wildman–Crippen LogP) is 0.706. The number of halogens is 1. The lowest BCUT2D eigenvalue weighted by Crippen LogP contribution is -2.35. The Morgan fingerprint density at radius 3 is 2.91 bits per heavy atom. The van der Waals surface area contributed by atoms with E-state index in [9.17, 15) is 4.39 Å². The smallest absolute Gasteiger partial charge is 0.102 e. The number of hydrogen-bond acceptors (Lipinski definition) is 2. The minimum atomic E-state index is -0.311. The lowest BCUT2D eigenvalue weighted by atomic mass is 10.1. The third-order valence-electron chi connectivity index (χ3n) is 2.39. The third kappa shape index (κ3) is 2.42. The van der Waals surface area contributed by atoms with Gasteiger partial charge in [0.15, 0.2) is 0 Å². The second kappa shape index (κ2) is 4.67. The second-order valence-corrected chi connectivity index (χ2v) is 3.12. The quantitative estimate of drug-likeness (QED) is 0.636. The van der Waals surface area contributed by atoms with Crippen molar-refractivity contribution in [1.82, 2.24) is 5.32 Å². The van der Waals surface area contributed by atoms with Crippen LogP contribution in [0.5, 0.6) is 0 Å². The maximum Gasteiger partial charge on any atom is 0.102 e. The van der Waals surface area contributed by atoms with E-state index in [1.54, 1.807) is 0 Å². The highest BCUT2D eigenvalue weighted by molar-refractivity contribution is 4.82. The van der Waals surface area contributed by atoms with Gasteiger partial charge in [-0.1, -0.05) is 6.42 Å². The van der Waals surface area contributed by atoms with Crippen LogP contribution >= 0.6 is 0 Å². The van der Waals surface area contributed by atoms with Gasteiger partial charge in [-0.25, -0.2) is 4.39 Å². The summed E-state index contributed by atoms with van der Waals surface area (Å²) in [5, 5.41) is 12.0. The van der Waals surface area contributed by atoms with Crippen molar-refractivity contribution in [1.29, 1.82) is 0 Å². The minimum absolute atomic E-state index is 0.240. The summed E-state index contributed by atoms with van der Waals surface area (Å²) in [4.78, 5) is 0. The van der Waals surface area contributed by atoms with Crippen LogP contribution < -0.4 is 5.32 Å². The van der Waals surface area contributed by atoms with E-state index >= 15 is 0 Å². The van der Waals surface area contributed by atoms with Crippen molar-refractivity contribution in [2.45, 2.75) is 25.3 Å². The number of hydrogen-bond donors (Lipinski definition) is 2. The van der Waals surface area contributed by atoms with Gasteiger partial charge in [-0.05, 0) is 18.8 Å². The molecule has 1 fully saturated rings. The van der Waals surface area contributed by atoms with Crippen molar-refractivity contribution in [3.05, 3.63) is 0 Å². The molecule has 0 bridgehead atoms. The molecule has 2 nitrogen and oxygen atoms in total. The Hall–Kier alpha value is -0.150. The van der Waals surface area contributed by atoms with Gasteiger partial charge in [0, 0.05) is 19.2 Å². The van der Waals surface area contributed by atoms with Crippen LogP contribution in [-0.4, -0.2) is 31.0 Å². The Kier molecular flexibility index (Phi) is 3.80. The molecule has 0 saturated heterocycles. The summed E-state index contributed by atoms with van der Waals surface area (Å²) in [5.74, 6) is 0.363. The van der Waals surface area contributed by atoms with Gasteiger partial charge in [0.05, 0.1) is 0 Å². The first-order chi connectivity index (χ1) is 5.38. The number of rotatable bonds is 4. The van der Waals surface area contributed by atoms with Crippen LogP contribution in [0.2, 0.25) is 0 Å². The van der Waals surface area contributed by atoms with E-state index < -0.39 is 0 Å². The molecule has 3 heteroatoms. The summed E-state index contributed by atoms with van der Waals surface area (Å²) >= 11 is 0. The highest BCUT2D eigenvalue weighted by Crippen LogP contribution is 2.24. The molecule has 1 rings (SSSR count). The molecule has 11 heavy (non-hydrogen) atoms. The molecule has 0 heterocycles. The third-order valence-corrected chi connectivity index (χ3v) is 2.39. The number of alkyl halides is 1. The molecule has 0 aromatic rings. The molecule has 66 valence electrons. The van der Waals surface area contributed by atoms with Crippen molar-refractivity contribution in [2.24, 2.45) is 5.92 Å². The Balaban J connectivity index is 2.20. The van der Waals surface area contributed by atoms with E-state index in [-0.39, 0.29) is 13.3 Å². The molecule has 1 aliphatic carbocycles. The van der Waals surface area contributed by atoms with Crippen molar-refractivity contribution in [2.75, 3.05) is 19.8 Å². The molecule has 2 N–H and O–H groups in total. The van der Waals surface area contributed by atoms with Crippen LogP contribution in [0.3, 0.4) is 0 Å². The summed E-state index contributed by atoms with van der Waals surface area (Å²) in [5.41, 5.74) is 0. The number of nitrogens with one attached hydrogen (secondary N) is 1. The van der Waals surface area contributed by atoms with Crippen LogP contribution in [0.25, 0.3) is 0 Å². The molecule has 0 unspecified atom stereocenters. The van der Waals surface area contributed by atoms with Gasteiger partial charge in [-0.2, -0.15) is 0 Å². The summed E-state index contributed by atoms with van der Waals surface area (Å²) in [6, 6.07) is 0.357. The molecule has 2 atom stereocenters. The van der Waals surface area contributed by atoms with Crippen molar-refractivity contribution in [3.63, 3.8) is 0 Å². The van der Waals surface area contributed by atoms with E-state index in [2.05, 4.69) is 5.32 Å². The van der Waals surface area contributed by atoms with Gasteiger partial charge < -0.3 is 10.4 Å². The zero-order chi connectivity index (χ0) is 8.10. The van der Waals surface area contributed by atoms with Crippen molar-refractivity contribution >= 4 is 0 Å². The monoisotopic (exact) mass is 161 g/mol. The molecule has 0 spiro atoms. The Bertz CT molecular complexity index is 110. The Morgan fingerprint density at radius 2 is 2.27 bits per heavy atom. The van der Waals surface area contributed by atoms with Gasteiger partial charge in [0.1, 0.15) is 6.67 Å². The highest BCUT2D eigenvalue weighted by Gasteiger charge is 2.25. The van der Waals surface area contributed by atoms with Crippen molar-refractivity contribution in [3.8, 4) is 0 Å². The number of aliphatic hydroxyl groups excluding tert-OH is 1. The Morgan fingerprint density at radius 1 is 1.45 bits per heavy atom. The van der Waals surface area contributed by atoms with Crippen LogP contribution in [0.4, 0.5) is 4.39 Å². The average Bonchev–Trinajstić information content (AvgIpc) is 2.47. The largest absolute Gasteiger partial charge is 0.396 e. The maximum atomic E-state index is 11.8. The fourth-order valence-electron chi connectivity index (χ4n) is 1.76. The molecule has 0 amide bonds. The first-order valence-corrected chi connectivity index (χ1v) is 4.28. The summed E-state index contributed by atoms with van der Waals surface area (Å²) in [6.45, 7) is 0.361. The van der Waals surface area contributed by atoms with E-state index in [4.69, 9.17) is 5.11 Å². The van der Waals surface area contributed by atoms with E-state index in [1.165, 1.54) is 0 Å². The summed E-state index contributed by atoms with van der Waals surface area (Å²) in [6.07, 6.45) is 3.33. The van der Waals surface area contributed by atoms with E-state index in [0.717, 1.165) is 19.3 Å². The topological polar surface area (TPSA) is 32.3 Å². The molecule has 0 radical (unpaired) electrons.